The summed E-state index contributed by atoms with van der Waals surface area (Å²) in [5, 5.41) is 0. The highest BCUT2D eigenvalue weighted by Gasteiger charge is 2.14. The Bertz CT molecular complexity index is 1250. The fourth-order valence-electron chi connectivity index (χ4n) is 4.16. The van der Waals surface area contributed by atoms with Gasteiger partial charge in [0.15, 0.2) is 0 Å². The first kappa shape index (κ1) is 30.6. The smallest absolute Gasteiger partial charge is 0.342 e. The highest BCUT2D eigenvalue weighted by atomic mass is 16.5. The lowest BCUT2D eigenvalue weighted by Crippen LogP contribution is -2.10. The van der Waals surface area contributed by atoms with Crippen molar-refractivity contribution < 1.29 is 19.1 Å². The van der Waals surface area contributed by atoms with Crippen LogP contribution in [0.4, 0.5) is 0 Å². The summed E-state index contributed by atoms with van der Waals surface area (Å²) >= 11 is 0. The number of esters is 2. The third-order valence-corrected chi connectivity index (χ3v) is 6.70. The Labute approximate surface area is 239 Å². The highest BCUT2D eigenvalue weighted by Crippen LogP contribution is 2.24. The van der Waals surface area contributed by atoms with Gasteiger partial charge in [-0.1, -0.05) is 90.1 Å². The van der Waals surface area contributed by atoms with Crippen molar-refractivity contribution in [1.82, 2.24) is 0 Å². The van der Waals surface area contributed by atoms with E-state index >= 15 is 0 Å². The van der Waals surface area contributed by atoms with Crippen LogP contribution in [0.3, 0.4) is 0 Å². The fraction of sp³-hybridized carbons (Fsp3) is 0.333. The molecular formula is C36H42O4. The maximum atomic E-state index is 12.5. The van der Waals surface area contributed by atoms with E-state index in [-0.39, 0.29) is 10.8 Å². The number of hydrogen-bond acceptors (Lipinski definition) is 4. The Morgan fingerprint density at radius 3 is 1.12 bits per heavy atom. The van der Waals surface area contributed by atoms with E-state index in [9.17, 15) is 9.59 Å². The van der Waals surface area contributed by atoms with Crippen molar-refractivity contribution in [3.05, 3.63) is 130 Å². The van der Waals surface area contributed by atoms with Gasteiger partial charge in [-0.3, -0.25) is 0 Å². The first-order valence-corrected chi connectivity index (χ1v) is 13.7. The lowest BCUT2D eigenvalue weighted by molar-refractivity contribution is 0.0646. The maximum Gasteiger partial charge on any atom is 0.342 e. The van der Waals surface area contributed by atoms with Gasteiger partial charge >= 0.3 is 11.9 Å². The zero-order valence-corrected chi connectivity index (χ0v) is 25.1. The first-order valence-electron chi connectivity index (χ1n) is 13.7. The van der Waals surface area contributed by atoms with Gasteiger partial charge in [0.1, 0.15) is 0 Å². The molecule has 4 nitrogen and oxygen atoms in total. The highest BCUT2D eigenvalue weighted by molar-refractivity contribution is 5.93. The van der Waals surface area contributed by atoms with Gasteiger partial charge in [0, 0.05) is 0 Å². The number of hydrogen-bond donors (Lipinski definition) is 0. The molecule has 0 bridgehead atoms. The van der Waals surface area contributed by atoms with Gasteiger partial charge in [-0.05, 0) is 95.2 Å². The number of carbonyl (C=O) groups excluding carboxylic acids is 2. The molecule has 210 valence electrons. The van der Waals surface area contributed by atoms with E-state index in [1.54, 1.807) is 24.3 Å². The predicted molar refractivity (Wildman–Crippen MR) is 162 cm³/mol. The van der Waals surface area contributed by atoms with Gasteiger partial charge in [-0.2, -0.15) is 0 Å². The molecule has 0 aliphatic rings. The summed E-state index contributed by atoms with van der Waals surface area (Å²) in [4.78, 5) is 25.0. The molecule has 0 radical (unpaired) electrons. The summed E-state index contributed by atoms with van der Waals surface area (Å²) in [5.74, 6) is -0.953. The van der Waals surface area contributed by atoms with Crippen LogP contribution in [-0.4, -0.2) is 11.9 Å². The Morgan fingerprint density at radius 2 is 0.850 bits per heavy atom. The van der Waals surface area contributed by atoms with Crippen molar-refractivity contribution in [3.63, 3.8) is 0 Å². The molecule has 0 aliphatic heterocycles. The number of carbonyl (C=O) groups is 2. The second-order valence-corrected chi connectivity index (χ2v) is 12.6. The molecule has 0 unspecified atom stereocenters. The third-order valence-electron chi connectivity index (χ3n) is 6.70. The van der Waals surface area contributed by atoms with Gasteiger partial charge in [0.05, 0.1) is 23.7 Å². The van der Waals surface area contributed by atoms with Crippen LogP contribution >= 0.6 is 0 Å². The summed E-state index contributed by atoms with van der Waals surface area (Å²) in [7, 11) is 0. The normalized spacial score (nSPS) is 12.7. The molecule has 3 aromatic rings. The summed E-state index contributed by atoms with van der Waals surface area (Å²) < 4.78 is 10.8. The SMILES string of the molecule is C/C(=C\OC(=O)c1ccc(C(=O)O/C=C(\C)Cc2ccc(C(C)(C)C)cc2)cc1)Cc1ccc(C(C)(C)C)cc1. The second-order valence-electron chi connectivity index (χ2n) is 12.6. The van der Waals surface area contributed by atoms with E-state index in [1.807, 2.05) is 13.8 Å². The average molecular weight is 539 g/mol. The quantitative estimate of drug-likeness (QED) is 0.212. The zero-order valence-electron chi connectivity index (χ0n) is 25.1. The molecule has 0 N–H and O–H groups in total. The van der Waals surface area contributed by atoms with E-state index in [2.05, 4.69) is 90.1 Å². The van der Waals surface area contributed by atoms with Gasteiger partial charge in [-0.15, -0.1) is 0 Å². The van der Waals surface area contributed by atoms with E-state index < -0.39 is 11.9 Å². The number of rotatable bonds is 8. The Balaban J connectivity index is 1.51. The molecule has 3 rings (SSSR count). The van der Waals surface area contributed by atoms with E-state index in [0.717, 1.165) is 22.3 Å². The fourth-order valence-corrected chi connectivity index (χ4v) is 4.16. The summed E-state index contributed by atoms with van der Waals surface area (Å²) in [6, 6.07) is 23.3. The standard InChI is InChI=1S/C36H42O4/c1-25(21-27-9-17-31(18-10-27)35(3,4)5)23-39-33(37)29-13-15-30(16-14-29)34(38)40-24-26(2)22-28-11-19-32(20-12-28)36(6,7)8/h9-20,23-24H,21-22H2,1-8H3/b25-23+,26-24+. The van der Waals surface area contributed by atoms with Gasteiger partial charge in [-0.25, -0.2) is 9.59 Å². The Hall–Kier alpha value is -3.92. The van der Waals surface area contributed by atoms with E-state index in [4.69, 9.17) is 9.47 Å². The van der Waals surface area contributed by atoms with E-state index in [0.29, 0.717) is 24.0 Å². The van der Waals surface area contributed by atoms with Crippen LogP contribution < -0.4 is 0 Å². The topological polar surface area (TPSA) is 52.6 Å². The van der Waals surface area contributed by atoms with Crippen molar-refractivity contribution in [2.75, 3.05) is 0 Å². The molecule has 3 aromatic carbocycles. The van der Waals surface area contributed by atoms with Gasteiger partial charge < -0.3 is 9.47 Å². The molecule has 0 heterocycles. The molecule has 0 saturated heterocycles. The van der Waals surface area contributed by atoms with Crippen molar-refractivity contribution >= 4 is 11.9 Å². The number of ether oxygens (including phenoxy) is 2. The molecule has 0 aromatic heterocycles. The predicted octanol–water partition coefficient (Wildman–Crippen LogP) is 8.89. The molecule has 4 heteroatoms. The average Bonchev–Trinajstić information content (AvgIpc) is 2.90. The molecule has 40 heavy (non-hydrogen) atoms. The summed E-state index contributed by atoms with van der Waals surface area (Å²) in [6.07, 6.45) is 4.37. The lowest BCUT2D eigenvalue weighted by atomic mass is 9.86. The third kappa shape index (κ3) is 9.08. The molecule has 0 amide bonds. The van der Waals surface area contributed by atoms with Crippen molar-refractivity contribution in [2.24, 2.45) is 0 Å². The maximum absolute atomic E-state index is 12.5. The minimum Gasteiger partial charge on any atom is -0.431 e. The molecule has 0 atom stereocenters. The first-order chi connectivity index (χ1) is 18.7. The van der Waals surface area contributed by atoms with Crippen LogP contribution in [-0.2, 0) is 33.1 Å². The van der Waals surface area contributed by atoms with Crippen LogP contribution in [0.15, 0.2) is 96.5 Å². The molecule has 0 saturated carbocycles. The zero-order chi connectivity index (χ0) is 29.5. The van der Waals surface area contributed by atoms with Crippen LogP contribution in [0.25, 0.3) is 0 Å². The second kappa shape index (κ2) is 13.0. The van der Waals surface area contributed by atoms with Crippen LogP contribution in [0.2, 0.25) is 0 Å². The van der Waals surface area contributed by atoms with Crippen LogP contribution in [0, 0.1) is 0 Å². The Morgan fingerprint density at radius 1 is 0.550 bits per heavy atom. The summed E-state index contributed by atoms with van der Waals surface area (Å²) in [6.45, 7) is 17.0. The van der Waals surface area contributed by atoms with Crippen molar-refractivity contribution in [1.29, 1.82) is 0 Å². The van der Waals surface area contributed by atoms with Gasteiger partial charge in [0.2, 0.25) is 0 Å². The largest absolute Gasteiger partial charge is 0.431 e. The van der Waals surface area contributed by atoms with Crippen LogP contribution in [0.1, 0.15) is 98.4 Å². The Kier molecular flexibility index (Phi) is 9.92. The van der Waals surface area contributed by atoms with Gasteiger partial charge in [0.25, 0.3) is 0 Å². The van der Waals surface area contributed by atoms with E-state index in [1.165, 1.54) is 23.7 Å². The number of benzene rings is 3. The number of allylic oxidation sites excluding steroid dienone is 2. The summed E-state index contributed by atoms with van der Waals surface area (Å²) in [5.41, 5.74) is 7.69. The molecule has 0 aliphatic carbocycles. The van der Waals surface area contributed by atoms with Crippen LogP contribution in [0.5, 0.6) is 0 Å². The van der Waals surface area contributed by atoms with Crippen molar-refractivity contribution in [3.8, 4) is 0 Å². The molecule has 0 spiro atoms. The minimum atomic E-state index is -0.476. The molecule has 0 fully saturated rings. The lowest BCUT2D eigenvalue weighted by Gasteiger charge is -2.19. The molecular weight excluding hydrogens is 496 g/mol. The minimum absolute atomic E-state index is 0.111. The monoisotopic (exact) mass is 538 g/mol. The van der Waals surface area contributed by atoms with Crippen molar-refractivity contribution in [2.45, 2.75) is 79.1 Å².